The zero-order valence-corrected chi connectivity index (χ0v) is 9.46. The van der Waals surface area contributed by atoms with Crippen LogP contribution in [0.2, 0.25) is 0 Å². The molecule has 0 heterocycles. The molecular formula is C14H20. The summed E-state index contributed by atoms with van der Waals surface area (Å²) in [6.45, 7) is 6.60. The molecule has 1 aromatic rings. The molecule has 76 valence electrons. The lowest BCUT2D eigenvalue weighted by atomic mass is 9.98. The van der Waals surface area contributed by atoms with Crippen molar-refractivity contribution in [1.82, 2.24) is 0 Å². The first-order valence-corrected chi connectivity index (χ1v) is 5.48. The molecule has 14 heavy (non-hydrogen) atoms. The Kier molecular flexibility index (Phi) is 4.45. The normalized spacial score (nSPS) is 13.4. The van der Waals surface area contributed by atoms with E-state index in [1.807, 2.05) is 6.92 Å². The number of hydrogen-bond donors (Lipinski definition) is 0. The molecule has 0 bridgehead atoms. The minimum Gasteiger partial charge on any atom is -0.0871 e. The number of allylic oxidation sites excluding steroid dienone is 1. The fourth-order valence-electron chi connectivity index (χ4n) is 1.50. The van der Waals surface area contributed by atoms with E-state index in [-0.39, 0.29) is 0 Å². The second-order valence-corrected chi connectivity index (χ2v) is 3.96. The molecule has 1 rings (SSSR count). The highest BCUT2D eigenvalue weighted by Crippen LogP contribution is 2.13. The summed E-state index contributed by atoms with van der Waals surface area (Å²) in [7, 11) is 0. The summed E-state index contributed by atoms with van der Waals surface area (Å²) in [6, 6.07) is 8.86. The van der Waals surface area contributed by atoms with E-state index in [2.05, 4.69) is 50.3 Å². The third-order valence-electron chi connectivity index (χ3n) is 2.62. The number of rotatable bonds is 4. The Morgan fingerprint density at radius 3 is 2.36 bits per heavy atom. The number of benzene rings is 1. The van der Waals surface area contributed by atoms with Gasteiger partial charge >= 0.3 is 0 Å². The maximum atomic E-state index is 2.31. The molecule has 0 saturated heterocycles. The summed E-state index contributed by atoms with van der Waals surface area (Å²) in [6.07, 6.45) is 6.67. The van der Waals surface area contributed by atoms with E-state index in [0.717, 1.165) is 5.92 Å². The highest BCUT2D eigenvalue weighted by atomic mass is 14.1. The fourth-order valence-corrected chi connectivity index (χ4v) is 1.50. The Hall–Kier alpha value is -1.04. The van der Waals surface area contributed by atoms with Crippen LogP contribution in [0.1, 0.15) is 38.3 Å². The van der Waals surface area contributed by atoms with E-state index in [0.29, 0.717) is 0 Å². The second-order valence-electron chi connectivity index (χ2n) is 3.96. The topological polar surface area (TPSA) is 0 Å². The van der Waals surface area contributed by atoms with Crippen molar-refractivity contribution in [1.29, 1.82) is 0 Å². The standard InChI is InChI=1S/C14H20/c1-4-6-13-7-9-14(10-8-13)11-12(3)5-2/h4,6-10,12H,5,11H2,1-3H3. The summed E-state index contributed by atoms with van der Waals surface area (Å²) in [5.41, 5.74) is 2.74. The molecular weight excluding hydrogens is 168 g/mol. The maximum absolute atomic E-state index is 2.31. The van der Waals surface area contributed by atoms with Gasteiger partial charge in [-0.05, 0) is 30.4 Å². The molecule has 0 aliphatic carbocycles. The molecule has 0 nitrogen and oxygen atoms in total. The first-order chi connectivity index (χ1) is 6.76. The van der Waals surface area contributed by atoms with Crippen LogP contribution in [-0.4, -0.2) is 0 Å². The van der Waals surface area contributed by atoms with E-state index in [9.17, 15) is 0 Å². The second kappa shape index (κ2) is 5.64. The Balaban J connectivity index is 2.63. The fraction of sp³-hybridized carbons (Fsp3) is 0.429. The van der Waals surface area contributed by atoms with Crippen LogP contribution >= 0.6 is 0 Å². The van der Waals surface area contributed by atoms with Crippen molar-refractivity contribution in [2.45, 2.75) is 33.6 Å². The van der Waals surface area contributed by atoms with Crippen molar-refractivity contribution in [3.8, 4) is 0 Å². The van der Waals surface area contributed by atoms with Crippen LogP contribution in [0.5, 0.6) is 0 Å². The lowest BCUT2D eigenvalue weighted by molar-refractivity contribution is 0.560. The summed E-state index contributed by atoms with van der Waals surface area (Å²) in [5.74, 6) is 0.794. The van der Waals surface area contributed by atoms with Gasteiger partial charge in [-0.2, -0.15) is 0 Å². The lowest BCUT2D eigenvalue weighted by Gasteiger charge is -2.08. The summed E-state index contributed by atoms with van der Waals surface area (Å²) in [4.78, 5) is 0. The molecule has 0 N–H and O–H groups in total. The molecule has 1 atom stereocenters. The van der Waals surface area contributed by atoms with Crippen LogP contribution in [0.3, 0.4) is 0 Å². The van der Waals surface area contributed by atoms with Crippen molar-refractivity contribution in [2.75, 3.05) is 0 Å². The van der Waals surface area contributed by atoms with Gasteiger partial charge in [-0.15, -0.1) is 0 Å². The number of hydrogen-bond acceptors (Lipinski definition) is 0. The first kappa shape index (κ1) is 11.0. The highest BCUT2D eigenvalue weighted by Gasteiger charge is 1.99. The predicted octanol–water partition coefficient (Wildman–Crippen LogP) is 4.31. The molecule has 0 fully saturated rings. The molecule has 0 aromatic heterocycles. The summed E-state index contributed by atoms with van der Waals surface area (Å²) < 4.78 is 0. The van der Waals surface area contributed by atoms with Gasteiger partial charge in [0.15, 0.2) is 0 Å². The summed E-state index contributed by atoms with van der Waals surface area (Å²) in [5, 5.41) is 0. The average molecular weight is 188 g/mol. The van der Waals surface area contributed by atoms with Gasteiger partial charge in [0.25, 0.3) is 0 Å². The van der Waals surface area contributed by atoms with Crippen LogP contribution in [0.4, 0.5) is 0 Å². The van der Waals surface area contributed by atoms with E-state index in [1.54, 1.807) is 0 Å². The minimum atomic E-state index is 0.794. The van der Waals surface area contributed by atoms with Crippen molar-refractivity contribution in [2.24, 2.45) is 5.92 Å². The molecule has 0 aliphatic heterocycles. The molecule has 0 amide bonds. The van der Waals surface area contributed by atoms with Crippen LogP contribution in [0.25, 0.3) is 6.08 Å². The van der Waals surface area contributed by atoms with Crippen molar-refractivity contribution < 1.29 is 0 Å². The predicted molar refractivity (Wildman–Crippen MR) is 64.3 cm³/mol. The Morgan fingerprint density at radius 2 is 1.86 bits per heavy atom. The third kappa shape index (κ3) is 3.37. The van der Waals surface area contributed by atoms with Crippen molar-refractivity contribution in [3.63, 3.8) is 0 Å². The maximum Gasteiger partial charge on any atom is -0.0253 e. The largest absolute Gasteiger partial charge is 0.0871 e. The molecule has 0 radical (unpaired) electrons. The van der Waals surface area contributed by atoms with Gasteiger partial charge in [0, 0.05) is 0 Å². The first-order valence-electron chi connectivity index (χ1n) is 5.48. The molecule has 1 aromatic carbocycles. The molecule has 1 unspecified atom stereocenters. The van der Waals surface area contributed by atoms with E-state index in [1.165, 1.54) is 24.0 Å². The summed E-state index contributed by atoms with van der Waals surface area (Å²) >= 11 is 0. The lowest BCUT2D eigenvalue weighted by Crippen LogP contribution is -1.97. The van der Waals surface area contributed by atoms with Gasteiger partial charge in [0.1, 0.15) is 0 Å². The van der Waals surface area contributed by atoms with E-state index in [4.69, 9.17) is 0 Å². The van der Waals surface area contributed by atoms with E-state index < -0.39 is 0 Å². The Morgan fingerprint density at radius 1 is 1.21 bits per heavy atom. The quantitative estimate of drug-likeness (QED) is 0.660. The van der Waals surface area contributed by atoms with Gasteiger partial charge in [-0.25, -0.2) is 0 Å². The Labute approximate surface area is 87.7 Å². The highest BCUT2D eigenvalue weighted by molar-refractivity contribution is 5.49. The van der Waals surface area contributed by atoms with Crippen molar-refractivity contribution >= 4 is 6.08 Å². The SMILES string of the molecule is CC=Cc1ccc(CC(C)CC)cc1. The van der Waals surface area contributed by atoms with Crippen LogP contribution in [-0.2, 0) is 6.42 Å². The van der Waals surface area contributed by atoms with Crippen LogP contribution < -0.4 is 0 Å². The zero-order chi connectivity index (χ0) is 10.4. The van der Waals surface area contributed by atoms with Crippen LogP contribution in [0, 0.1) is 5.92 Å². The van der Waals surface area contributed by atoms with Crippen LogP contribution in [0.15, 0.2) is 30.3 Å². The Bertz CT molecular complexity index is 279. The van der Waals surface area contributed by atoms with Gasteiger partial charge in [-0.1, -0.05) is 56.7 Å². The van der Waals surface area contributed by atoms with Crippen molar-refractivity contribution in [3.05, 3.63) is 41.5 Å². The zero-order valence-electron chi connectivity index (χ0n) is 9.46. The van der Waals surface area contributed by atoms with E-state index >= 15 is 0 Å². The third-order valence-corrected chi connectivity index (χ3v) is 2.62. The molecule has 0 saturated carbocycles. The van der Waals surface area contributed by atoms with Gasteiger partial charge < -0.3 is 0 Å². The van der Waals surface area contributed by atoms with Gasteiger partial charge in [-0.3, -0.25) is 0 Å². The molecule has 0 aliphatic rings. The smallest absolute Gasteiger partial charge is 0.0253 e. The molecule has 0 heteroatoms. The average Bonchev–Trinajstić information content (AvgIpc) is 2.21. The monoisotopic (exact) mass is 188 g/mol. The minimum absolute atomic E-state index is 0.794. The molecule has 0 spiro atoms. The van der Waals surface area contributed by atoms with Gasteiger partial charge in [0.2, 0.25) is 0 Å². The van der Waals surface area contributed by atoms with Gasteiger partial charge in [0.05, 0.1) is 0 Å².